The van der Waals surface area contributed by atoms with Crippen LogP contribution in [0, 0.1) is 6.92 Å². The predicted molar refractivity (Wildman–Crippen MR) is 116 cm³/mol. The third kappa shape index (κ3) is 6.08. The van der Waals surface area contributed by atoms with Gasteiger partial charge in [-0.3, -0.25) is 4.79 Å². The molecule has 0 aliphatic heterocycles. The van der Waals surface area contributed by atoms with Gasteiger partial charge in [-0.1, -0.05) is 74.0 Å². The lowest BCUT2D eigenvalue weighted by Gasteiger charge is -2.18. The van der Waals surface area contributed by atoms with Gasteiger partial charge < -0.3 is 10.1 Å². The van der Waals surface area contributed by atoms with Gasteiger partial charge in [-0.05, 0) is 41.0 Å². The summed E-state index contributed by atoms with van der Waals surface area (Å²) in [6.07, 6.45) is 3.31. The molecule has 1 atom stereocenters. The van der Waals surface area contributed by atoms with Crippen LogP contribution in [0.25, 0.3) is 11.8 Å². The maximum absolute atomic E-state index is 12.8. The first-order valence-corrected chi connectivity index (χ1v) is 10.1. The van der Waals surface area contributed by atoms with Crippen LogP contribution in [0.1, 0.15) is 42.8 Å². The summed E-state index contributed by atoms with van der Waals surface area (Å²) in [4.78, 5) is 25.3. The lowest BCUT2D eigenvalue weighted by molar-refractivity contribution is -0.143. The molecule has 1 amide bonds. The number of benzene rings is 2. The number of nitrogens with one attached hydrogen (secondary N) is 1. The molecule has 1 heterocycles. The first kappa shape index (κ1) is 21.9. The molecular formula is C23H25N5O3. The fraction of sp³-hybridized carbons (Fsp3) is 0.261. The summed E-state index contributed by atoms with van der Waals surface area (Å²) in [5.74, 6) is -0.639. The second-order valence-corrected chi connectivity index (χ2v) is 6.97. The number of aryl methyl sites for hydroxylation is 1. The number of esters is 1. The number of carbonyl (C=O) groups is 2. The Morgan fingerprint density at radius 3 is 2.39 bits per heavy atom. The molecule has 0 radical (unpaired) electrons. The van der Waals surface area contributed by atoms with Gasteiger partial charge in [0.2, 0.25) is 0 Å². The van der Waals surface area contributed by atoms with E-state index in [1.54, 1.807) is 13.0 Å². The van der Waals surface area contributed by atoms with Crippen LogP contribution >= 0.6 is 0 Å². The number of hydrogen-bond donors (Lipinski definition) is 1. The zero-order valence-electron chi connectivity index (χ0n) is 17.6. The molecule has 31 heavy (non-hydrogen) atoms. The maximum Gasteiger partial charge on any atom is 0.357 e. The summed E-state index contributed by atoms with van der Waals surface area (Å²) in [5, 5.41) is 14.2. The first-order chi connectivity index (χ1) is 15.1. The second-order valence-electron chi connectivity index (χ2n) is 6.97. The van der Waals surface area contributed by atoms with E-state index in [2.05, 4.69) is 27.8 Å². The van der Waals surface area contributed by atoms with E-state index in [0.29, 0.717) is 5.82 Å². The molecule has 0 aliphatic rings. The molecule has 8 heteroatoms. The highest BCUT2D eigenvalue weighted by atomic mass is 16.5. The van der Waals surface area contributed by atoms with Crippen molar-refractivity contribution in [2.75, 3.05) is 6.61 Å². The fourth-order valence-electron chi connectivity index (χ4n) is 3.11. The number of hydrogen-bond acceptors (Lipinski definition) is 6. The molecule has 0 bridgehead atoms. The highest BCUT2D eigenvalue weighted by Crippen LogP contribution is 2.18. The number of carbonyl (C=O) groups excluding carboxylic acids is 2. The van der Waals surface area contributed by atoms with Crippen LogP contribution in [0.2, 0.25) is 0 Å². The van der Waals surface area contributed by atoms with E-state index in [1.165, 1.54) is 4.68 Å². The monoisotopic (exact) mass is 419 g/mol. The third-order valence-corrected chi connectivity index (χ3v) is 4.61. The van der Waals surface area contributed by atoms with Gasteiger partial charge in [-0.15, -0.1) is 5.10 Å². The van der Waals surface area contributed by atoms with Crippen LogP contribution in [0.15, 0.2) is 60.7 Å². The lowest BCUT2D eigenvalue weighted by atomic mass is 10.0. The maximum atomic E-state index is 12.8. The van der Waals surface area contributed by atoms with Crippen LogP contribution in [0.5, 0.6) is 0 Å². The van der Waals surface area contributed by atoms with Crippen molar-refractivity contribution in [2.45, 2.75) is 32.7 Å². The van der Waals surface area contributed by atoms with Gasteiger partial charge in [0.25, 0.3) is 5.91 Å². The SMILES string of the molecule is CCC[C@@H](NC(=O)COC(=O)/C(=C/c1ccccc1)n1nnnc1C)c1ccccc1. The van der Waals surface area contributed by atoms with Crippen molar-refractivity contribution in [3.8, 4) is 0 Å². The van der Waals surface area contributed by atoms with Gasteiger partial charge in [0, 0.05) is 0 Å². The predicted octanol–water partition coefficient (Wildman–Crippen LogP) is 3.18. The zero-order chi connectivity index (χ0) is 22.1. The summed E-state index contributed by atoms with van der Waals surface area (Å²) in [5.41, 5.74) is 1.91. The van der Waals surface area contributed by atoms with Crippen molar-refractivity contribution in [1.82, 2.24) is 25.5 Å². The quantitative estimate of drug-likeness (QED) is 0.422. The summed E-state index contributed by atoms with van der Waals surface area (Å²) in [6, 6.07) is 18.8. The summed E-state index contributed by atoms with van der Waals surface area (Å²) < 4.78 is 6.59. The average molecular weight is 419 g/mol. The molecule has 0 aliphatic carbocycles. The average Bonchev–Trinajstić information content (AvgIpc) is 3.22. The van der Waals surface area contributed by atoms with E-state index in [9.17, 15) is 9.59 Å². The number of tetrazole rings is 1. The van der Waals surface area contributed by atoms with Crippen molar-refractivity contribution in [3.63, 3.8) is 0 Å². The Balaban J connectivity index is 1.70. The van der Waals surface area contributed by atoms with Crippen molar-refractivity contribution in [3.05, 3.63) is 77.6 Å². The van der Waals surface area contributed by atoms with E-state index in [0.717, 1.165) is 24.0 Å². The standard InChI is InChI=1S/C23H25N5O3/c1-3-10-20(19-13-8-5-9-14-19)24-22(29)16-31-23(30)21(28-17(2)25-26-27-28)15-18-11-6-4-7-12-18/h4-9,11-15,20H,3,10,16H2,1-2H3,(H,24,29)/b21-15-/t20-/m1/s1. The number of aromatic nitrogens is 4. The zero-order valence-corrected chi connectivity index (χ0v) is 17.6. The van der Waals surface area contributed by atoms with Crippen LogP contribution in [-0.2, 0) is 14.3 Å². The Morgan fingerprint density at radius 2 is 1.77 bits per heavy atom. The molecule has 0 fully saturated rings. The number of rotatable bonds is 9. The number of amides is 1. The molecule has 3 rings (SSSR count). The molecule has 1 N–H and O–H groups in total. The summed E-state index contributed by atoms with van der Waals surface area (Å²) in [7, 11) is 0. The van der Waals surface area contributed by atoms with Gasteiger partial charge >= 0.3 is 5.97 Å². The molecule has 0 unspecified atom stereocenters. The fourth-order valence-corrected chi connectivity index (χ4v) is 3.11. The van der Waals surface area contributed by atoms with Crippen LogP contribution in [0.3, 0.4) is 0 Å². The highest BCUT2D eigenvalue weighted by Gasteiger charge is 2.20. The van der Waals surface area contributed by atoms with Crippen molar-refractivity contribution < 1.29 is 14.3 Å². The summed E-state index contributed by atoms with van der Waals surface area (Å²) in [6.45, 7) is 3.32. The molecule has 0 saturated carbocycles. The Hall–Kier alpha value is -3.81. The van der Waals surface area contributed by atoms with Gasteiger partial charge in [-0.25, -0.2) is 4.79 Å². The Labute approximate surface area is 180 Å². The highest BCUT2D eigenvalue weighted by molar-refractivity contribution is 6.15. The molecule has 160 valence electrons. The lowest BCUT2D eigenvalue weighted by Crippen LogP contribution is -2.33. The van der Waals surface area contributed by atoms with Gasteiger partial charge in [0.1, 0.15) is 0 Å². The largest absolute Gasteiger partial charge is 0.451 e. The van der Waals surface area contributed by atoms with E-state index >= 15 is 0 Å². The van der Waals surface area contributed by atoms with Crippen LogP contribution < -0.4 is 5.32 Å². The Kier molecular flexibility index (Phi) is 7.64. The Morgan fingerprint density at radius 1 is 1.10 bits per heavy atom. The van der Waals surface area contributed by atoms with Gasteiger partial charge in [0.05, 0.1) is 6.04 Å². The van der Waals surface area contributed by atoms with E-state index in [1.807, 2.05) is 60.7 Å². The van der Waals surface area contributed by atoms with Crippen LogP contribution in [-0.4, -0.2) is 38.7 Å². The van der Waals surface area contributed by atoms with Gasteiger partial charge in [-0.2, -0.15) is 4.68 Å². The molecule has 1 aromatic heterocycles. The van der Waals surface area contributed by atoms with Gasteiger partial charge in [0.15, 0.2) is 18.1 Å². The summed E-state index contributed by atoms with van der Waals surface area (Å²) >= 11 is 0. The smallest absolute Gasteiger partial charge is 0.357 e. The molecular weight excluding hydrogens is 394 g/mol. The third-order valence-electron chi connectivity index (χ3n) is 4.61. The van der Waals surface area contributed by atoms with Crippen molar-refractivity contribution in [2.24, 2.45) is 0 Å². The normalized spacial score (nSPS) is 12.3. The minimum atomic E-state index is -0.693. The van der Waals surface area contributed by atoms with Crippen LogP contribution in [0.4, 0.5) is 0 Å². The van der Waals surface area contributed by atoms with E-state index in [-0.39, 0.29) is 17.6 Å². The molecule has 0 spiro atoms. The molecule has 8 nitrogen and oxygen atoms in total. The second kappa shape index (κ2) is 10.8. The molecule has 3 aromatic rings. The number of ether oxygens (including phenoxy) is 1. The Bertz CT molecular complexity index is 1030. The minimum Gasteiger partial charge on any atom is -0.451 e. The minimum absolute atomic E-state index is 0.120. The molecule has 2 aromatic carbocycles. The topological polar surface area (TPSA) is 99.0 Å². The van der Waals surface area contributed by atoms with Crippen molar-refractivity contribution >= 4 is 23.6 Å². The van der Waals surface area contributed by atoms with E-state index < -0.39 is 12.6 Å². The van der Waals surface area contributed by atoms with Crippen molar-refractivity contribution in [1.29, 1.82) is 0 Å². The van der Waals surface area contributed by atoms with E-state index in [4.69, 9.17) is 4.74 Å². The molecule has 0 saturated heterocycles. The number of nitrogens with zero attached hydrogens (tertiary/aromatic N) is 4. The first-order valence-electron chi connectivity index (χ1n) is 10.1.